The van der Waals surface area contributed by atoms with Gasteiger partial charge in [0.2, 0.25) is 5.91 Å². The van der Waals surface area contributed by atoms with Crippen LogP contribution < -0.4 is 5.32 Å². The van der Waals surface area contributed by atoms with E-state index in [1.807, 2.05) is 20.8 Å². The molecule has 0 aliphatic carbocycles. The molecule has 0 aromatic rings. The molecule has 2 aliphatic heterocycles. The zero-order valence-electron chi connectivity index (χ0n) is 12.5. The smallest absolute Gasteiger partial charge is 0.410 e. The van der Waals surface area contributed by atoms with Gasteiger partial charge in [-0.05, 0) is 33.6 Å². The van der Waals surface area contributed by atoms with Crippen molar-refractivity contribution in [3.05, 3.63) is 0 Å². The van der Waals surface area contributed by atoms with E-state index in [1.54, 1.807) is 4.90 Å². The maximum absolute atomic E-state index is 12.0. The van der Waals surface area contributed by atoms with Gasteiger partial charge in [0, 0.05) is 19.6 Å². The first-order valence-electron chi connectivity index (χ1n) is 7.18. The van der Waals surface area contributed by atoms with Gasteiger partial charge < -0.3 is 19.7 Å². The molecule has 0 bridgehead atoms. The summed E-state index contributed by atoms with van der Waals surface area (Å²) in [6.45, 7) is 7.82. The summed E-state index contributed by atoms with van der Waals surface area (Å²) in [4.78, 5) is 25.4. The van der Waals surface area contributed by atoms with Crippen LogP contribution >= 0.6 is 0 Å². The van der Waals surface area contributed by atoms with Gasteiger partial charge >= 0.3 is 6.09 Å². The Balaban J connectivity index is 1.91. The number of nitrogens with one attached hydrogen (secondary N) is 1. The molecule has 6 heteroatoms. The first-order chi connectivity index (χ1) is 9.30. The van der Waals surface area contributed by atoms with Crippen LogP contribution in [0.4, 0.5) is 4.79 Å². The predicted molar refractivity (Wildman–Crippen MR) is 73.4 cm³/mol. The van der Waals surface area contributed by atoms with Gasteiger partial charge in [-0.15, -0.1) is 0 Å². The standard InChI is InChI=1S/C14H24N2O4/c1-13(2,3)20-12(18)16-7-4-14(5-8-16)10-11(17)15-6-9-19-14/h4-10H2,1-3H3,(H,15,17). The highest BCUT2D eigenvalue weighted by atomic mass is 16.6. The first-order valence-corrected chi connectivity index (χ1v) is 7.18. The highest BCUT2D eigenvalue weighted by Gasteiger charge is 2.40. The van der Waals surface area contributed by atoms with E-state index in [1.165, 1.54) is 0 Å². The zero-order valence-corrected chi connectivity index (χ0v) is 12.5. The van der Waals surface area contributed by atoms with E-state index in [0.717, 1.165) is 0 Å². The fraction of sp³-hybridized carbons (Fsp3) is 0.857. The number of amides is 2. The molecule has 2 heterocycles. The molecule has 0 atom stereocenters. The molecule has 0 aromatic carbocycles. The summed E-state index contributed by atoms with van der Waals surface area (Å²) in [6, 6.07) is 0. The molecule has 2 fully saturated rings. The molecule has 0 saturated carbocycles. The second-order valence-electron chi connectivity index (χ2n) is 6.53. The fourth-order valence-electron chi connectivity index (χ4n) is 2.61. The third-order valence-electron chi connectivity index (χ3n) is 3.64. The number of piperidine rings is 1. The van der Waals surface area contributed by atoms with Crippen molar-refractivity contribution in [2.45, 2.75) is 51.2 Å². The number of hydrogen-bond acceptors (Lipinski definition) is 4. The Hall–Kier alpha value is -1.30. The van der Waals surface area contributed by atoms with Crippen molar-refractivity contribution in [1.29, 1.82) is 0 Å². The largest absolute Gasteiger partial charge is 0.444 e. The van der Waals surface area contributed by atoms with Crippen LogP contribution in [0.25, 0.3) is 0 Å². The second kappa shape index (κ2) is 5.60. The van der Waals surface area contributed by atoms with Crippen molar-refractivity contribution >= 4 is 12.0 Å². The lowest BCUT2D eigenvalue weighted by Gasteiger charge is -2.40. The van der Waals surface area contributed by atoms with E-state index in [0.29, 0.717) is 45.5 Å². The quantitative estimate of drug-likeness (QED) is 0.728. The van der Waals surface area contributed by atoms with Gasteiger partial charge in [0.15, 0.2) is 0 Å². The Morgan fingerprint density at radius 2 is 2.00 bits per heavy atom. The molecule has 1 N–H and O–H groups in total. The third kappa shape index (κ3) is 3.85. The van der Waals surface area contributed by atoms with E-state index in [4.69, 9.17) is 9.47 Å². The maximum atomic E-state index is 12.0. The van der Waals surface area contributed by atoms with Crippen molar-refractivity contribution in [3.8, 4) is 0 Å². The normalized spacial score (nSPS) is 23.1. The summed E-state index contributed by atoms with van der Waals surface area (Å²) in [6.07, 6.45) is 1.46. The Morgan fingerprint density at radius 1 is 1.35 bits per heavy atom. The van der Waals surface area contributed by atoms with E-state index in [9.17, 15) is 9.59 Å². The lowest BCUT2D eigenvalue weighted by Crippen LogP contribution is -2.50. The molecule has 0 unspecified atom stereocenters. The summed E-state index contributed by atoms with van der Waals surface area (Å²) < 4.78 is 11.2. The number of likely N-dealkylation sites (tertiary alicyclic amines) is 1. The lowest BCUT2D eigenvalue weighted by atomic mass is 9.88. The lowest BCUT2D eigenvalue weighted by molar-refractivity contribution is -0.128. The van der Waals surface area contributed by atoms with E-state index in [2.05, 4.69) is 5.32 Å². The molecule has 2 saturated heterocycles. The molecule has 20 heavy (non-hydrogen) atoms. The first kappa shape index (κ1) is 15.1. The molecule has 2 aliphatic rings. The predicted octanol–water partition coefficient (Wildman–Crippen LogP) is 1.29. The monoisotopic (exact) mass is 284 g/mol. The highest BCUT2D eigenvalue weighted by molar-refractivity contribution is 5.77. The summed E-state index contributed by atoms with van der Waals surface area (Å²) in [5, 5.41) is 2.81. The van der Waals surface area contributed by atoms with Gasteiger partial charge in [-0.3, -0.25) is 4.79 Å². The van der Waals surface area contributed by atoms with Gasteiger partial charge in [0.05, 0.1) is 18.6 Å². The average Bonchev–Trinajstić information content (AvgIpc) is 2.50. The molecule has 6 nitrogen and oxygen atoms in total. The summed E-state index contributed by atoms with van der Waals surface area (Å²) in [7, 11) is 0. The van der Waals surface area contributed by atoms with Crippen LogP contribution in [-0.2, 0) is 14.3 Å². The van der Waals surface area contributed by atoms with E-state index < -0.39 is 11.2 Å². The van der Waals surface area contributed by atoms with Crippen molar-refractivity contribution in [3.63, 3.8) is 0 Å². The summed E-state index contributed by atoms with van der Waals surface area (Å²) in [5.74, 6) is 0.0354. The number of hydrogen-bond donors (Lipinski definition) is 1. The van der Waals surface area contributed by atoms with Crippen LogP contribution in [0.5, 0.6) is 0 Å². The Labute approximate surface area is 119 Å². The minimum Gasteiger partial charge on any atom is -0.444 e. The highest BCUT2D eigenvalue weighted by Crippen LogP contribution is 2.31. The number of nitrogens with zero attached hydrogens (tertiary/aromatic N) is 1. The van der Waals surface area contributed by atoms with Gasteiger partial charge in [-0.25, -0.2) is 4.79 Å². The minimum absolute atomic E-state index is 0.0354. The molecule has 1 spiro atoms. The fourth-order valence-corrected chi connectivity index (χ4v) is 2.61. The second-order valence-corrected chi connectivity index (χ2v) is 6.53. The van der Waals surface area contributed by atoms with Crippen molar-refractivity contribution < 1.29 is 19.1 Å². The SMILES string of the molecule is CC(C)(C)OC(=O)N1CCC2(CC1)CC(=O)NCCO2. The Morgan fingerprint density at radius 3 is 2.60 bits per heavy atom. The summed E-state index contributed by atoms with van der Waals surface area (Å²) >= 11 is 0. The minimum atomic E-state index is -0.481. The van der Waals surface area contributed by atoms with Crippen molar-refractivity contribution in [1.82, 2.24) is 10.2 Å². The molecular weight excluding hydrogens is 260 g/mol. The molecule has 2 amide bonds. The van der Waals surface area contributed by atoms with Gasteiger partial charge in [0.1, 0.15) is 5.60 Å². The van der Waals surface area contributed by atoms with Crippen LogP contribution in [0.15, 0.2) is 0 Å². The van der Waals surface area contributed by atoms with E-state index in [-0.39, 0.29) is 12.0 Å². The van der Waals surface area contributed by atoms with Crippen molar-refractivity contribution in [2.75, 3.05) is 26.2 Å². The topological polar surface area (TPSA) is 67.9 Å². The molecule has 0 radical (unpaired) electrons. The number of rotatable bonds is 0. The van der Waals surface area contributed by atoms with E-state index >= 15 is 0 Å². The van der Waals surface area contributed by atoms with Crippen molar-refractivity contribution in [2.24, 2.45) is 0 Å². The zero-order chi connectivity index (χ0) is 14.8. The van der Waals surface area contributed by atoms with Gasteiger partial charge in [-0.2, -0.15) is 0 Å². The summed E-state index contributed by atoms with van der Waals surface area (Å²) in [5.41, 5.74) is -0.885. The maximum Gasteiger partial charge on any atom is 0.410 e. The van der Waals surface area contributed by atoms with Gasteiger partial charge in [0.25, 0.3) is 0 Å². The third-order valence-corrected chi connectivity index (χ3v) is 3.64. The van der Waals surface area contributed by atoms with Crippen LogP contribution in [-0.4, -0.2) is 54.3 Å². The molecule has 0 aromatic heterocycles. The number of carbonyl (C=O) groups is 2. The molecule has 2 rings (SSSR count). The van der Waals surface area contributed by atoms with Crippen LogP contribution in [0.2, 0.25) is 0 Å². The molecular formula is C14H24N2O4. The van der Waals surface area contributed by atoms with Crippen LogP contribution in [0.3, 0.4) is 0 Å². The van der Waals surface area contributed by atoms with Gasteiger partial charge in [-0.1, -0.05) is 0 Å². The van der Waals surface area contributed by atoms with Crippen LogP contribution in [0.1, 0.15) is 40.0 Å². The number of ether oxygens (including phenoxy) is 2. The Bertz CT molecular complexity index is 381. The number of carbonyl (C=O) groups excluding carboxylic acids is 2. The van der Waals surface area contributed by atoms with Crippen LogP contribution in [0, 0.1) is 0 Å². The average molecular weight is 284 g/mol. The Kier molecular flexibility index (Phi) is 4.22. The molecule has 114 valence electrons.